The summed E-state index contributed by atoms with van der Waals surface area (Å²) in [4.78, 5) is 25.4. The van der Waals surface area contributed by atoms with Gasteiger partial charge in [-0.05, 0) is 43.4 Å². The van der Waals surface area contributed by atoms with Crippen LogP contribution in [-0.2, 0) is 4.79 Å². The van der Waals surface area contributed by atoms with Crippen LogP contribution in [0.5, 0.6) is 0 Å². The van der Waals surface area contributed by atoms with E-state index in [2.05, 4.69) is 10.6 Å². The zero-order chi connectivity index (χ0) is 18.8. The van der Waals surface area contributed by atoms with Gasteiger partial charge in [0.2, 0.25) is 5.91 Å². The third-order valence-corrected chi connectivity index (χ3v) is 5.78. The number of nitrogens with one attached hydrogen (secondary N) is 2. The highest BCUT2D eigenvalue weighted by atomic mass is 35.5. The third-order valence-electron chi connectivity index (χ3n) is 4.80. The van der Waals surface area contributed by atoms with Crippen LogP contribution in [0.4, 0.5) is 0 Å². The molecule has 0 radical (unpaired) electrons. The van der Waals surface area contributed by atoms with E-state index in [0.717, 1.165) is 31.4 Å². The van der Waals surface area contributed by atoms with Gasteiger partial charge in [-0.1, -0.05) is 55.8 Å². The standard InChI is InChI=1S/C20H29ClN2O2S/c1-26-14-13-18(23-19(24)16-11-7-8-12-17(16)21)20(25)22-15-9-5-3-2-4-6-10-15/h7-8,11-12,15,18H,2-6,9-10,13-14H2,1H3,(H,22,25)(H,23,24)/t18-/m1/s1. The highest BCUT2D eigenvalue weighted by molar-refractivity contribution is 7.98. The van der Waals surface area contributed by atoms with Crippen LogP contribution >= 0.6 is 23.4 Å². The first-order valence-corrected chi connectivity index (χ1v) is 11.2. The minimum absolute atomic E-state index is 0.0787. The first-order valence-electron chi connectivity index (χ1n) is 9.46. The van der Waals surface area contributed by atoms with Crippen LogP contribution in [0, 0.1) is 0 Å². The molecule has 0 unspecified atom stereocenters. The fourth-order valence-corrected chi connectivity index (χ4v) is 3.98. The van der Waals surface area contributed by atoms with Crippen molar-refractivity contribution in [3.63, 3.8) is 0 Å². The van der Waals surface area contributed by atoms with Crippen LogP contribution in [0.3, 0.4) is 0 Å². The maximum Gasteiger partial charge on any atom is 0.253 e. The van der Waals surface area contributed by atoms with Gasteiger partial charge in [0.1, 0.15) is 6.04 Å². The van der Waals surface area contributed by atoms with Gasteiger partial charge in [-0.15, -0.1) is 0 Å². The Morgan fingerprint density at radius 3 is 2.46 bits per heavy atom. The lowest BCUT2D eigenvalue weighted by molar-refractivity contribution is -0.123. The first-order chi connectivity index (χ1) is 12.6. The summed E-state index contributed by atoms with van der Waals surface area (Å²) in [6.07, 6.45) is 10.8. The lowest BCUT2D eigenvalue weighted by atomic mass is 9.96. The summed E-state index contributed by atoms with van der Waals surface area (Å²) in [5.74, 6) is 0.436. The van der Waals surface area contributed by atoms with Gasteiger partial charge in [0.15, 0.2) is 0 Å². The van der Waals surface area contributed by atoms with Crippen molar-refractivity contribution in [2.45, 2.75) is 63.5 Å². The van der Waals surface area contributed by atoms with Crippen molar-refractivity contribution in [2.24, 2.45) is 0 Å². The summed E-state index contributed by atoms with van der Waals surface area (Å²) in [5.41, 5.74) is 0.405. The second kappa shape index (κ2) is 11.5. The Bertz CT molecular complexity index is 589. The summed E-state index contributed by atoms with van der Waals surface area (Å²) in [5, 5.41) is 6.45. The third kappa shape index (κ3) is 6.84. The Hall–Kier alpha value is -1.20. The Balaban J connectivity index is 1.99. The Morgan fingerprint density at radius 1 is 1.15 bits per heavy atom. The summed E-state index contributed by atoms with van der Waals surface area (Å²) < 4.78 is 0. The minimum atomic E-state index is -0.531. The molecular weight excluding hydrogens is 368 g/mol. The Kier molecular flexibility index (Phi) is 9.33. The van der Waals surface area contributed by atoms with Crippen LogP contribution in [-0.4, -0.2) is 35.9 Å². The largest absolute Gasteiger partial charge is 0.352 e. The zero-order valence-corrected chi connectivity index (χ0v) is 17.0. The van der Waals surface area contributed by atoms with Crippen LogP contribution in [0.2, 0.25) is 5.02 Å². The molecule has 0 bridgehead atoms. The smallest absolute Gasteiger partial charge is 0.253 e. The number of carbonyl (C=O) groups is 2. The maximum absolute atomic E-state index is 12.8. The monoisotopic (exact) mass is 396 g/mol. The molecular formula is C20H29ClN2O2S. The number of hydrogen-bond donors (Lipinski definition) is 2. The van der Waals surface area contributed by atoms with E-state index >= 15 is 0 Å². The number of thioether (sulfide) groups is 1. The van der Waals surface area contributed by atoms with Crippen LogP contribution in [0.25, 0.3) is 0 Å². The zero-order valence-electron chi connectivity index (χ0n) is 15.4. The first kappa shape index (κ1) is 21.1. The lowest BCUT2D eigenvalue weighted by Gasteiger charge is -2.25. The van der Waals surface area contributed by atoms with Crippen molar-refractivity contribution in [1.82, 2.24) is 10.6 Å². The van der Waals surface area contributed by atoms with E-state index in [1.807, 2.05) is 6.26 Å². The highest BCUT2D eigenvalue weighted by Gasteiger charge is 2.24. The molecule has 0 spiro atoms. The molecule has 0 saturated heterocycles. The van der Waals surface area contributed by atoms with Crippen molar-refractivity contribution in [3.8, 4) is 0 Å². The normalized spacial score (nSPS) is 17.0. The highest BCUT2D eigenvalue weighted by Crippen LogP contribution is 2.18. The molecule has 26 heavy (non-hydrogen) atoms. The number of rotatable bonds is 7. The number of carbonyl (C=O) groups excluding carboxylic acids is 2. The topological polar surface area (TPSA) is 58.2 Å². The van der Waals surface area contributed by atoms with Crippen molar-refractivity contribution < 1.29 is 9.59 Å². The van der Waals surface area contributed by atoms with Gasteiger partial charge < -0.3 is 10.6 Å². The van der Waals surface area contributed by atoms with Crippen molar-refractivity contribution in [3.05, 3.63) is 34.9 Å². The van der Waals surface area contributed by atoms with Crippen LogP contribution < -0.4 is 10.6 Å². The van der Waals surface area contributed by atoms with Crippen LogP contribution in [0.1, 0.15) is 61.7 Å². The van der Waals surface area contributed by atoms with Gasteiger partial charge in [-0.3, -0.25) is 9.59 Å². The predicted molar refractivity (Wildman–Crippen MR) is 110 cm³/mol. The van der Waals surface area contributed by atoms with E-state index in [9.17, 15) is 9.59 Å². The van der Waals surface area contributed by atoms with Crippen molar-refractivity contribution in [2.75, 3.05) is 12.0 Å². The molecule has 6 heteroatoms. The number of hydrogen-bond acceptors (Lipinski definition) is 3. The predicted octanol–water partition coefficient (Wildman–Crippen LogP) is 4.42. The number of benzene rings is 1. The SMILES string of the molecule is CSCC[C@@H](NC(=O)c1ccccc1Cl)C(=O)NC1CCCCCCC1. The molecule has 1 atom stereocenters. The van der Waals surface area contributed by atoms with Gasteiger partial charge in [0, 0.05) is 6.04 Å². The van der Waals surface area contributed by atoms with E-state index in [1.54, 1.807) is 36.0 Å². The van der Waals surface area contributed by atoms with Gasteiger partial charge in [-0.25, -0.2) is 0 Å². The summed E-state index contributed by atoms with van der Waals surface area (Å²) >= 11 is 7.78. The molecule has 1 fully saturated rings. The minimum Gasteiger partial charge on any atom is -0.352 e. The van der Waals surface area contributed by atoms with Gasteiger partial charge in [0.25, 0.3) is 5.91 Å². The molecule has 144 valence electrons. The Labute approximate surface area is 165 Å². The summed E-state index contributed by atoms with van der Waals surface area (Å²) in [7, 11) is 0. The molecule has 2 rings (SSSR count). The summed E-state index contributed by atoms with van der Waals surface area (Å²) in [6, 6.07) is 6.60. The van der Waals surface area contributed by atoms with Gasteiger partial charge in [0.05, 0.1) is 10.6 Å². The van der Waals surface area contributed by atoms with E-state index in [1.165, 1.54) is 19.3 Å². The molecule has 1 aromatic carbocycles. The average molecular weight is 397 g/mol. The molecule has 1 aliphatic carbocycles. The second-order valence-electron chi connectivity index (χ2n) is 6.84. The molecule has 1 aromatic rings. The fourth-order valence-electron chi connectivity index (χ4n) is 3.29. The molecule has 4 nitrogen and oxygen atoms in total. The van der Waals surface area contributed by atoms with Crippen molar-refractivity contribution >= 4 is 35.2 Å². The van der Waals surface area contributed by atoms with Gasteiger partial charge >= 0.3 is 0 Å². The van der Waals surface area contributed by atoms with Gasteiger partial charge in [-0.2, -0.15) is 11.8 Å². The van der Waals surface area contributed by atoms with E-state index in [-0.39, 0.29) is 17.9 Å². The quantitative estimate of drug-likeness (QED) is 0.717. The molecule has 1 saturated carbocycles. The summed E-state index contributed by atoms with van der Waals surface area (Å²) in [6.45, 7) is 0. The molecule has 2 N–H and O–H groups in total. The van der Waals surface area contributed by atoms with Crippen LogP contribution in [0.15, 0.2) is 24.3 Å². The average Bonchev–Trinajstić information content (AvgIpc) is 2.60. The Morgan fingerprint density at radius 2 is 1.81 bits per heavy atom. The molecule has 1 aliphatic rings. The van der Waals surface area contributed by atoms with Crippen molar-refractivity contribution in [1.29, 1.82) is 0 Å². The molecule has 0 aliphatic heterocycles. The molecule has 2 amide bonds. The molecule has 0 heterocycles. The fraction of sp³-hybridized carbons (Fsp3) is 0.600. The molecule has 0 aromatic heterocycles. The van der Waals surface area contributed by atoms with E-state index < -0.39 is 6.04 Å². The van der Waals surface area contributed by atoms with E-state index in [4.69, 9.17) is 11.6 Å². The maximum atomic E-state index is 12.8. The number of amides is 2. The van der Waals surface area contributed by atoms with E-state index in [0.29, 0.717) is 17.0 Å². The second-order valence-corrected chi connectivity index (χ2v) is 8.23. The lowest BCUT2D eigenvalue weighted by Crippen LogP contribution is -2.50. The number of halogens is 1.